The molecule has 0 radical (unpaired) electrons. The number of fused-ring (bicyclic) bond motifs is 1. The number of ether oxygens (including phenoxy) is 1. The first-order chi connectivity index (χ1) is 18.0. The molecule has 1 amide bonds. The molecular weight excluding hydrogens is 462 g/mol. The average Bonchev–Trinajstić information content (AvgIpc) is 2.92. The molecule has 3 aromatic rings. The first-order valence-corrected chi connectivity index (χ1v) is 13.4. The van der Waals surface area contributed by atoms with Crippen molar-refractivity contribution < 1.29 is 9.53 Å². The number of benzene rings is 2. The highest BCUT2D eigenvalue weighted by atomic mass is 16.5. The number of methoxy groups -OCH3 is 1. The van der Waals surface area contributed by atoms with Crippen molar-refractivity contribution in [2.75, 3.05) is 33.3 Å². The van der Waals surface area contributed by atoms with Crippen molar-refractivity contribution in [2.24, 2.45) is 0 Å². The number of aromatic nitrogens is 1. The minimum absolute atomic E-state index is 0.137. The van der Waals surface area contributed by atoms with Crippen molar-refractivity contribution in [2.45, 2.75) is 52.1 Å². The molecule has 1 aliphatic carbocycles. The number of nitrogens with zero attached hydrogens (tertiary/aromatic N) is 3. The maximum atomic E-state index is 13.6. The maximum absolute atomic E-state index is 13.6. The Morgan fingerprint density at radius 1 is 0.973 bits per heavy atom. The van der Waals surface area contributed by atoms with Crippen LogP contribution in [0.5, 0.6) is 5.75 Å². The highest BCUT2D eigenvalue weighted by Crippen LogP contribution is 2.26. The Kier molecular flexibility index (Phi) is 7.47. The van der Waals surface area contributed by atoms with Gasteiger partial charge in [-0.05, 0) is 62.3 Å². The van der Waals surface area contributed by atoms with Gasteiger partial charge in [0.2, 0.25) is 0 Å². The summed E-state index contributed by atoms with van der Waals surface area (Å²) >= 11 is 0. The number of amides is 1. The molecule has 2 heterocycles. The van der Waals surface area contributed by atoms with Crippen LogP contribution in [0.1, 0.15) is 44.9 Å². The fourth-order valence-corrected chi connectivity index (χ4v) is 6.10. The smallest absolute Gasteiger partial charge is 0.259 e. The van der Waals surface area contributed by atoms with Gasteiger partial charge >= 0.3 is 0 Å². The SMILES string of the molecule is COc1ccccc1CCn1c(C)cc(=O)c(C(=O)N2CCN([C@@H]3CCc4ccccc4C3)CC2)c1C. The summed E-state index contributed by atoms with van der Waals surface area (Å²) in [5.41, 5.74) is 5.79. The van der Waals surface area contributed by atoms with E-state index >= 15 is 0 Å². The van der Waals surface area contributed by atoms with E-state index in [0.717, 1.165) is 55.1 Å². The van der Waals surface area contributed by atoms with E-state index < -0.39 is 0 Å². The number of hydrogen-bond donors (Lipinski definition) is 0. The summed E-state index contributed by atoms with van der Waals surface area (Å²) in [6.07, 6.45) is 4.12. The molecule has 6 heteroatoms. The summed E-state index contributed by atoms with van der Waals surface area (Å²) in [5.74, 6) is 0.719. The van der Waals surface area contributed by atoms with E-state index in [1.54, 1.807) is 13.2 Å². The second kappa shape index (κ2) is 10.9. The van der Waals surface area contributed by atoms with Crippen molar-refractivity contribution in [1.82, 2.24) is 14.4 Å². The minimum Gasteiger partial charge on any atom is -0.496 e. The van der Waals surface area contributed by atoms with Gasteiger partial charge in [0, 0.05) is 56.2 Å². The summed E-state index contributed by atoms with van der Waals surface area (Å²) < 4.78 is 7.59. The second-order valence-electron chi connectivity index (χ2n) is 10.3. The largest absolute Gasteiger partial charge is 0.496 e. The molecule has 0 bridgehead atoms. The van der Waals surface area contributed by atoms with Crippen LogP contribution >= 0.6 is 0 Å². The lowest BCUT2D eigenvalue weighted by molar-refractivity contribution is 0.0550. The molecule has 37 heavy (non-hydrogen) atoms. The molecule has 2 aromatic carbocycles. The number of aryl methyl sites for hydroxylation is 3. The summed E-state index contributed by atoms with van der Waals surface area (Å²) in [4.78, 5) is 31.0. The van der Waals surface area contributed by atoms with E-state index in [2.05, 4.69) is 39.8 Å². The Morgan fingerprint density at radius 2 is 1.68 bits per heavy atom. The van der Waals surface area contributed by atoms with Crippen LogP contribution in [0, 0.1) is 13.8 Å². The van der Waals surface area contributed by atoms with Crippen LogP contribution in [0.2, 0.25) is 0 Å². The Labute approximate surface area is 219 Å². The number of piperazine rings is 1. The van der Waals surface area contributed by atoms with Gasteiger partial charge in [0.15, 0.2) is 5.43 Å². The van der Waals surface area contributed by atoms with Gasteiger partial charge in [0.1, 0.15) is 11.3 Å². The standard InChI is InChI=1S/C31H37N3O3/c1-22-20-28(35)30(23(2)34(22)15-14-25-9-6-7-11-29(25)37-3)31(36)33-18-16-32(17-19-33)27-13-12-24-8-4-5-10-26(24)21-27/h4-11,20,27H,12-19,21H2,1-3H3/t27-/m1/s1. The summed E-state index contributed by atoms with van der Waals surface area (Å²) in [6.45, 7) is 7.54. The number of hydrogen-bond acceptors (Lipinski definition) is 4. The molecule has 2 aliphatic rings. The number of pyridine rings is 1. The Morgan fingerprint density at radius 3 is 2.43 bits per heavy atom. The van der Waals surface area contributed by atoms with E-state index in [9.17, 15) is 9.59 Å². The van der Waals surface area contributed by atoms with Crippen LogP contribution in [0.3, 0.4) is 0 Å². The number of carbonyl (C=O) groups is 1. The minimum atomic E-state index is -0.181. The molecule has 1 aliphatic heterocycles. The summed E-state index contributed by atoms with van der Waals surface area (Å²) in [7, 11) is 1.68. The van der Waals surface area contributed by atoms with Crippen molar-refractivity contribution in [3.05, 3.63) is 98.5 Å². The van der Waals surface area contributed by atoms with E-state index in [4.69, 9.17) is 4.74 Å². The third-order valence-electron chi connectivity index (χ3n) is 8.23. The van der Waals surface area contributed by atoms with Crippen LogP contribution < -0.4 is 10.2 Å². The normalized spacial score (nSPS) is 17.9. The van der Waals surface area contributed by atoms with Crippen molar-refractivity contribution >= 4 is 5.91 Å². The zero-order valence-corrected chi connectivity index (χ0v) is 22.2. The van der Waals surface area contributed by atoms with E-state index in [0.29, 0.717) is 31.2 Å². The molecule has 0 saturated carbocycles. The summed E-state index contributed by atoms with van der Waals surface area (Å²) in [5, 5.41) is 0. The average molecular weight is 500 g/mol. The zero-order chi connectivity index (χ0) is 25.9. The first-order valence-electron chi connectivity index (χ1n) is 13.4. The monoisotopic (exact) mass is 499 g/mol. The number of rotatable bonds is 6. The number of carbonyl (C=O) groups excluding carboxylic acids is 1. The molecule has 1 saturated heterocycles. The molecule has 1 fully saturated rings. The van der Waals surface area contributed by atoms with Crippen LogP contribution in [0.25, 0.3) is 0 Å². The topological polar surface area (TPSA) is 54.8 Å². The van der Waals surface area contributed by atoms with Gasteiger partial charge < -0.3 is 14.2 Å². The number of para-hydroxylation sites is 1. The van der Waals surface area contributed by atoms with Crippen LogP contribution in [-0.2, 0) is 25.8 Å². The third kappa shape index (κ3) is 5.21. The van der Waals surface area contributed by atoms with Gasteiger partial charge in [-0.1, -0.05) is 42.5 Å². The van der Waals surface area contributed by atoms with Gasteiger partial charge in [-0.3, -0.25) is 14.5 Å². The fourth-order valence-electron chi connectivity index (χ4n) is 6.10. The van der Waals surface area contributed by atoms with Gasteiger partial charge in [0.05, 0.1) is 7.11 Å². The molecule has 0 N–H and O–H groups in total. The lowest BCUT2D eigenvalue weighted by Gasteiger charge is -2.41. The first kappa shape index (κ1) is 25.3. The van der Waals surface area contributed by atoms with Gasteiger partial charge in [-0.15, -0.1) is 0 Å². The molecule has 0 spiro atoms. The quantitative estimate of drug-likeness (QED) is 0.514. The predicted octanol–water partition coefficient (Wildman–Crippen LogP) is 4.03. The highest BCUT2D eigenvalue weighted by molar-refractivity contribution is 5.95. The van der Waals surface area contributed by atoms with Gasteiger partial charge in [-0.25, -0.2) is 0 Å². The van der Waals surface area contributed by atoms with Crippen molar-refractivity contribution in [1.29, 1.82) is 0 Å². The maximum Gasteiger partial charge on any atom is 0.259 e. The fraction of sp³-hybridized carbons (Fsp3) is 0.419. The Hall–Kier alpha value is -3.38. The Balaban J connectivity index is 1.27. The third-order valence-corrected chi connectivity index (χ3v) is 8.23. The Bertz CT molecular complexity index is 1340. The second-order valence-corrected chi connectivity index (χ2v) is 10.3. The zero-order valence-electron chi connectivity index (χ0n) is 22.2. The van der Waals surface area contributed by atoms with Crippen LogP contribution in [0.4, 0.5) is 0 Å². The molecule has 0 unspecified atom stereocenters. The van der Waals surface area contributed by atoms with E-state index in [1.807, 2.05) is 36.9 Å². The van der Waals surface area contributed by atoms with E-state index in [-0.39, 0.29) is 11.3 Å². The van der Waals surface area contributed by atoms with Crippen molar-refractivity contribution in [3.8, 4) is 5.75 Å². The van der Waals surface area contributed by atoms with Gasteiger partial charge in [-0.2, -0.15) is 0 Å². The lowest BCUT2D eigenvalue weighted by Crippen LogP contribution is -2.53. The molecule has 1 aromatic heterocycles. The molecule has 6 nitrogen and oxygen atoms in total. The van der Waals surface area contributed by atoms with E-state index in [1.165, 1.54) is 17.5 Å². The molecular formula is C31H37N3O3. The summed E-state index contributed by atoms with van der Waals surface area (Å²) in [6, 6.07) is 18.9. The molecule has 1 atom stereocenters. The highest BCUT2D eigenvalue weighted by Gasteiger charge is 2.30. The van der Waals surface area contributed by atoms with Crippen LogP contribution in [-0.4, -0.2) is 59.6 Å². The predicted molar refractivity (Wildman–Crippen MR) is 147 cm³/mol. The molecule has 5 rings (SSSR count). The van der Waals surface area contributed by atoms with Crippen molar-refractivity contribution in [3.63, 3.8) is 0 Å². The lowest BCUT2D eigenvalue weighted by atomic mass is 9.87. The van der Waals surface area contributed by atoms with Gasteiger partial charge in [0.25, 0.3) is 5.91 Å². The van der Waals surface area contributed by atoms with Crippen LogP contribution in [0.15, 0.2) is 59.4 Å². The molecule has 194 valence electrons.